The zero-order valence-corrected chi connectivity index (χ0v) is 6.46. The Bertz CT molecular complexity index is 107. The fourth-order valence-electron chi connectivity index (χ4n) is 0.369. The van der Waals surface area contributed by atoms with Crippen molar-refractivity contribution in [2.75, 3.05) is 7.05 Å². The Kier molecular flexibility index (Phi) is 4.11. The van der Waals surface area contributed by atoms with E-state index < -0.39 is 0 Å². The average molecular weight is 123 g/mol. The zero-order valence-electron chi connectivity index (χ0n) is 6.46. The third-order valence-corrected chi connectivity index (χ3v) is 1.27. The summed E-state index contributed by atoms with van der Waals surface area (Å²) in [6, 6.07) is 0.571. The summed E-state index contributed by atoms with van der Waals surface area (Å²) in [5.41, 5.74) is 0. The van der Waals surface area contributed by atoms with Crippen molar-refractivity contribution in [1.29, 1.82) is 0 Å². The van der Waals surface area contributed by atoms with Gasteiger partial charge >= 0.3 is 57.6 Å². The summed E-state index contributed by atoms with van der Waals surface area (Å²) in [5, 5.41) is 0. The van der Waals surface area contributed by atoms with Crippen LogP contribution in [-0.2, 0) is 0 Å². The van der Waals surface area contributed by atoms with Crippen LogP contribution in [0.2, 0.25) is 0 Å². The Morgan fingerprint density at radius 1 is 1.44 bits per heavy atom. The van der Waals surface area contributed by atoms with Crippen molar-refractivity contribution in [2.45, 2.75) is 19.9 Å². The first-order valence-electron chi connectivity index (χ1n) is 3.19. The molecule has 0 N–H and O–H groups in total. The molecule has 0 aromatic carbocycles. The summed E-state index contributed by atoms with van der Waals surface area (Å²) in [5.74, 6) is 1.78. The van der Waals surface area contributed by atoms with Crippen molar-refractivity contribution >= 4 is 13.5 Å². The molecule has 0 amide bonds. The summed E-state index contributed by atoms with van der Waals surface area (Å²) in [4.78, 5) is 2.13. The van der Waals surface area contributed by atoms with Gasteiger partial charge in [-0.2, -0.15) is 0 Å². The van der Waals surface area contributed by atoms with Gasteiger partial charge in [0.25, 0.3) is 0 Å². The van der Waals surface area contributed by atoms with Crippen LogP contribution in [0.4, 0.5) is 0 Å². The number of rotatable bonds is 3. The molecule has 1 nitrogen and oxygen atoms in total. The van der Waals surface area contributed by atoms with E-state index in [4.69, 9.17) is 0 Å². The molecule has 0 radical (unpaired) electrons. The Morgan fingerprint density at radius 2 is 2.00 bits per heavy atom. The molecule has 50 valence electrons. The van der Waals surface area contributed by atoms with Crippen molar-refractivity contribution in [3.05, 3.63) is 12.3 Å². The van der Waals surface area contributed by atoms with Crippen LogP contribution in [0.25, 0.3) is 0 Å². The number of hydrogen-bond donors (Lipinski definition) is 0. The van der Waals surface area contributed by atoms with E-state index in [1.165, 1.54) is 0 Å². The summed E-state index contributed by atoms with van der Waals surface area (Å²) in [7, 11) is 5.62. The Labute approximate surface area is 58.4 Å². The van der Waals surface area contributed by atoms with Crippen molar-refractivity contribution in [2.24, 2.45) is 0 Å². The number of allylic oxidation sites excluding steroid dienone is 1. The van der Waals surface area contributed by atoms with Crippen LogP contribution >= 0.6 is 0 Å². The molecule has 0 aromatic rings. The first-order chi connectivity index (χ1) is 4.18. The maximum atomic E-state index is 3.58. The van der Waals surface area contributed by atoms with Crippen LogP contribution in [0.15, 0.2) is 12.3 Å². The van der Waals surface area contributed by atoms with Gasteiger partial charge in [0.15, 0.2) is 0 Å². The molecule has 0 atom stereocenters. The summed E-state index contributed by atoms with van der Waals surface area (Å²) in [6.07, 6.45) is 3.94. The molecule has 0 spiro atoms. The van der Waals surface area contributed by atoms with Crippen LogP contribution in [0.5, 0.6) is 0 Å². The molecule has 0 aromatic heterocycles. The van der Waals surface area contributed by atoms with Crippen molar-refractivity contribution < 1.29 is 0 Å². The fourth-order valence-corrected chi connectivity index (χ4v) is 0.369. The third-order valence-electron chi connectivity index (χ3n) is 1.27. The van der Waals surface area contributed by atoms with E-state index in [-0.39, 0.29) is 0 Å². The molecule has 0 saturated carbocycles. The zero-order chi connectivity index (χ0) is 7.28. The summed E-state index contributed by atoms with van der Waals surface area (Å²) in [6.45, 7) is 4.29. The standard InChI is InChI=1S/C7H14BN/c1-7(2)9(3)6-4-5-8/h4-8H,1-3H3/b6-4-. The van der Waals surface area contributed by atoms with E-state index in [9.17, 15) is 0 Å². The molecule has 0 unspecified atom stereocenters. The molecule has 0 rings (SSSR count). The van der Waals surface area contributed by atoms with E-state index >= 15 is 0 Å². The first kappa shape index (κ1) is 8.47. The second-order valence-electron chi connectivity index (χ2n) is 2.34. The minimum absolute atomic E-state index is 0.571. The molecule has 0 saturated heterocycles. The van der Waals surface area contributed by atoms with Gasteiger partial charge in [-0.15, -0.1) is 0 Å². The van der Waals surface area contributed by atoms with Gasteiger partial charge in [-0.1, -0.05) is 0 Å². The normalized spacial score (nSPS) is 10.6. The van der Waals surface area contributed by atoms with E-state index in [2.05, 4.69) is 26.2 Å². The van der Waals surface area contributed by atoms with Crippen molar-refractivity contribution in [1.82, 2.24) is 4.90 Å². The fraction of sp³-hybridized carbons (Fsp3) is 0.571. The van der Waals surface area contributed by atoms with Crippen LogP contribution < -0.4 is 0 Å². The van der Waals surface area contributed by atoms with Gasteiger partial charge in [0.05, 0.1) is 0 Å². The van der Waals surface area contributed by atoms with Gasteiger partial charge in [0, 0.05) is 0 Å². The molecule has 9 heavy (non-hydrogen) atoms. The van der Waals surface area contributed by atoms with Gasteiger partial charge in [0.1, 0.15) is 0 Å². The second-order valence-corrected chi connectivity index (χ2v) is 2.34. The Morgan fingerprint density at radius 3 is 2.33 bits per heavy atom. The molecule has 0 fully saturated rings. The summed E-state index contributed by atoms with van der Waals surface area (Å²) < 4.78 is 0. The maximum absolute atomic E-state index is 3.58. The topological polar surface area (TPSA) is 3.24 Å². The molecule has 0 aliphatic rings. The van der Waals surface area contributed by atoms with E-state index in [1.54, 1.807) is 5.97 Å². The average Bonchev–Trinajstić information content (AvgIpc) is 1.82. The third kappa shape index (κ3) is 4.01. The van der Waals surface area contributed by atoms with Crippen molar-refractivity contribution in [3.63, 3.8) is 0 Å². The molecule has 0 aliphatic carbocycles. The van der Waals surface area contributed by atoms with Gasteiger partial charge in [-0.25, -0.2) is 0 Å². The quantitative estimate of drug-likeness (QED) is 0.495. The monoisotopic (exact) mass is 123 g/mol. The van der Waals surface area contributed by atoms with Crippen LogP contribution in [-0.4, -0.2) is 31.4 Å². The molecule has 0 aliphatic heterocycles. The molecular weight excluding hydrogens is 109 g/mol. The van der Waals surface area contributed by atoms with E-state index in [1.807, 2.05) is 19.3 Å². The second kappa shape index (κ2) is 4.36. The Balaban J connectivity index is 3.61. The van der Waals surface area contributed by atoms with Gasteiger partial charge < -0.3 is 0 Å². The number of nitrogens with zero attached hydrogens (tertiary/aromatic N) is 1. The van der Waals surface area contributed by atoms with Crippen LogP contribution in [0, 0.1) is 0 Å². The molecule has 0 heterocycles. The van der Waals surface area contributed by atoms with Gasteiger partial charge in [-0.05, 0) is 0 Å². The predicted molar refractivity (Wildman–Crippen MR) is 45.3 cm³/mol. The van der Waals surface area contributed by atoms with E-state index in [0.29, 0.717) is 6.04 Å². The van der Waals surface area contributed by atoms with Gasteiger partial charge in [0.2, 0.25) is 0 Å². The first-order valence-corrected chi connectivity index (χ1v) is 3.19. The van der Waals surface area contributed by atoms with Crippen LogP contribution in [0.3, 0.4) is 0 Å². The molecular formula is C7H14BN. The number of hydrogen-bond acceptors (Lipinski definition) is 1. The van der Waals surface area contributed by atoms with Crippen LogP contribution in [0.1, 0.15) is 13.8 Å². The summed E-state index contributed by atoms with van der Waals surface area (Å²) >= 11 is 0. The molecule has 0 bridgehead atoms. The van der Waals surface area contributed by atoms with E-state index in [0.717, 1.165) is 0 Å². The Hall–Kier alpha value is -0.525. The minimum atomic E-state index is 0.571. The SMILES string of the molecule is B=C/C=C\N(C)C(C)C. The van der Waals surface area contributed by atoms with Gasteiger partial charge in [-0.3, -0.25) is 0 Å². The van der Waals surface area contributed by atoms with Crippen molar-refractivity contribution in [3.8, 4) is 0 Å². The predicted octanol–water partition coefficient (Wildman–Crippen LogP) is 0.543. The molecule has 2 heteroatoms.